The van der Waals surface area contributed by atoms with Gasteiger partial charge in [0.2, 0.25) is 0 Å². The van der Waals surface area contributed by atoms with Crippen LogP contribution in [-0.2, 0) is 9.22 Å². The smallest absolute Gasteiger partial charge is 0.186 e. The Balaban J connectivity index is 3.91. The molecule has 0 aromatic heterocycles. The van der Waals surface area contributed by atoms with Gasteiger partial charge in [-0.1, -0.05) is 27.7 Å². The van der Waals surface area contributed by atoms with Crippen LogP contribution in [0.3, 0.4) is 0 Å². The first-order chi connectivity index (χ1) is 7.75. The lowest BCUT2D eigenvalue weighted by molar-refractivity contribution is -0.127. The van der Waals surface area contributed by atoms with Gasteiger partial charge < -0.3 is 4.43 Å². The second kappa shape index (κ2) is 7.32. The molecule has 3 heteroatoms. The minimum absolute atomic E-state index is 0.169. The molecule has 0 aromatic rings. The first kappa shape index (κ1) is 16.8. The van der Waals surface area contributed by atoms with E-state index in [0.29, 0.717) is 12.2 Å². The van der Waals surface area contributed by atoms with E-state index < -0.39 is 8.32 Å². The summed E-state index contributed by atoms with van der Waals surface area (Å²) >= 11 is 0. The lowest BCUT2D eigenvalue weighted by Gasteiger charge is -2.25. The number of rotatable bonds is 9. The summed E-state index contributed by atoms with van der Waals surface area (Å²) in [6, 6.07) is 1.16. The van der Waals surface area contributed by atoms with Crippen LogP contribution in [0.25, 0.3) is 0 Å². The minimum atomic E-state index is -1.40. The number of carbonyl (C=O) groups is 1. The van der Waals surface area contributed by atoms with Gasteiger partial charge in [-0.15, -0.1) is 0 Å². The number of carbonyl (C=O) groups excluding carboxylic acids is 1. The van der Waals surface area contributed by atoms with Crippen LogP contribution in [0.4, 0.5) is 0 Å². The van der Waals surface area contributed by atoms with E-state index in [4.69, 9.17) is 4.43 Å². The molecule has 17 heavy (non-hydrogen) atoms. The van der Waals surface area contributed by atoms with E-state index in [0.717, 1.165) is 31.9 Å². The quantitative estimate of drug-likeness (QED) is 0.452. The Kier molecular flexibility index (Phi) is 7.25. The highest BCUT2D eigenvalue weighted by molar-refractivity contribution is 6.71. The second-order valence-corrected chi connectivity index (χ2v) is 10.6. The Hall–Kier alpha value is -0.153. The average molecular weight is 258 g/mol. The summed E-state index contributed by atoms with van der Waals surface area (Å²) in [7, 11) is -1.40. The Morgan fingerprint density at radius 2 is 1.82 bits per heavy atom. The molecule has 0 saturated heterocycles. The molecule has 0 unspecified atom stereocenters. The highest BCUT2D eigenvalue weighted by Crippen LogP contribution is 2.26. The van der Waals surface area contributed by atoms with Crippen LogP contribution >= 0.6 is 0 Å². The third-order valence-electron chi connectivity index (χ3n) is 3.52. The van der Waals surface area contributed by atoms with Crippen molar-refractivity contribution in [3.63, 3.8) is 0 Å². The summed E-state index contributed by atoms with van der Waals surface area (Å²) in [5, 5.41) is 0. The van der Waals surface area contributed by atoms with Gasteiger partial charge in [0.1, 0.15) is 5.78 Å². The SMILES string of the molecule is CCCC(=O)C(C)(C)CCCO[Si](C)(C)CC. The third kappa shape index (κ3) is 6.99. The van der Waals surface area contributed by atoms with E-state index in [2.05, 4.69) is 40.8 Å². The first-order valence-corrected chi connectivity index (χ1v) is 10.0. The van der Waals surface area contributed by atoms with Crippen LogP contribution in [-0.4, -0.2) is 20.7 Å². The van der Waals surface area contributed by atoms with Gasteiger partial charge in [-0.2, -0.15) is 0 Å². The number of hydrogen-bond acceptors (Lipinski definition) is 2. The minimum Gasteiger partial charge on any atom is -0.417 e. The Bertz CT molecular complexity index is 234. The summed E-state index contributed by atoms with van der Waals surface area (Å²) in [6.45, 7) is 13.7. The zero-order valence-corrected chi connectivity index (χ0v) is 13.6. The molecular weight excluding hydrogens is 228 g/mol. The number of Topliss-reactive ketones (excluding diaryl/α,β-unsaturated/α-hetero) is 1. The van der Waals surface area contributed by atoms with Crippen LogP contribution in [0.15, 0.2) is 0 Å². The standard InChI is InChI=1S/C14H30O2Si/c1-7-10-13(15)14(3,4)11-9-12-16-17(5,6)8-2/h7-12H2,1-6H3. The van der Waals surface area contributed by atoms with Crippen LogP contribution in [0.5, 0.6) is 0 Å². The van der Waals surface area contributed by atoms with Gasteiger partial charge in [-0.3, -0.25) is 4.79 Å². The van der Waals surface area contributed by atoms with Crippen LogP contribution in [0.1, 0.15) is 53.4 Å². The van der Waals surface area contributed by atoms with E-state index in [1.807, 2.05) is 0 Å². The monoisotopic (exact) mass is 258 g/mol. The van der Waals surface area contributed by atoms with E-state index in [1.165, 1.54) is 0 Å². The molecule has 0 fully saturated rings. The maximum absolute atomic E-state index is 11.9. The molecule has 2 nitrogen and oxygen atoms in total. The van der Waals surface area contributed by atoms with Gasteiger partial charge in [0.25, 0.3) is 0 Å². The normalized spacial score (nSPS) is 12.8. The van der Waals surface area contributed by atoms with Crippen molar-refractivity contribution in [2.75, 3.05) is 6.61 Å². The fourth-order valence-electron chi connectivity index (χ4n) is 1.67. The zero-order valence-electron chi connectivity index (χ0n) is 12.6. The van der Waals surface area contributed by atoms with Crippen LogP contribution in [0, 0.1) is 5.41 Å². The van der Waals surface area contributed by atoms with E-state index in [-0.39, 0.29) is 5.41 Å². The Morgan fingerprint density at radius 3 is 2.29 bits per heavy atom. The molecule has 0 saturated carbocycles. The first-order valence-electron chi connectivity index (χ1n) is 6.92. The van der Waals surface area contributed by atoms with E-state index >= 15 is 0 Å². The molecule has 0 aliphatic heterocycles. The number of hydrogen-bond donors (Lipinski definition) is 0. The lowest BCUT2D eigenvalue weighted by Crippen LogP contribution is -2.30. The second-order valence-electron chi connectivity index (χ2n) is 6.12. The topological polar surface area (TPSA) is 26.3 Å². The maximum atomic E-state index is 11.9. The Morgan fingerprint density at radius 1 is 1.24 bits per heavy atom. The van der Waals surface area contributed by atoms with Crippen molar-refractivity contribution >= 4 is 14.1 Å². The molecule has 0 aromatic carbocycles. The summed E-state index contributed by atoms with van der Waals surface area (Å²) in [6.07, 6.45) is 3.61. The molecule has 102 valence electrons. The molecule has 0 spiro atoms. The summed E-state index contributed by atoms with van der Waals surface area (Å²) < 4.78 is 5.94. The van der Waals surface area contributed by atoms with Gasteiger partial charge in [0.15, 0.2) is 8.32 Å². The number of ketones is 1. The van der Waals surface area contributed by atoms with Gasteiger partial charge in [0, 0.05) is 18.4 Å². The van der Waals surface area contributed by atoms with E-state index in [9.17, 15) is 4.79 Å². The van der Waals surface area contributed by atoms with Gasteiger partial charge in [-0.05, 0) is 38.4 Å². The van der Waals surface area contributed by atoms with Crippen LogP contribution < -0.4 is 0 Å². The molecule has 0 N–H and O–H groups in total. The summed E-state index contributed by atoms with van der Waals surface area (Å²) in [5.74, 6) is 0.395. The summed E-state index contributed by atoms with van der Waals surface area (Å²) in [4.78, 5) is 11.9. The van der Waals surface area contributed by atoms with Crippen LogP contribution in [0.2, 0.25) is 19.1 Å². The lowest BCUT2D eigenvalue weighted by atomic mass is 9.82. The molecule has 0 aliphatic carbocycles. The molecule has 0 radical (unpaired) electrons. The highest BCUT2D eigenvalue weighted by Gasteiger charge is 2.26. The molecule has 0 rings (SSSR count). The zero-order chi connectivity index (χ0) is 13.5. The fraction of sp³-hybridized carbons (Fsp3) is 0.929. The van der Waals surface area contributed by atoms with E-state index in [1.54, 1.807) is 0 Å². The molecular formula is C14H30O2Si. The molecule has 0 bridgehead atoms. The predicted molar refractivity (Wildman–Crippen MR) is 76.8 cm³/mol. The van der Waals surface area contributed by atoms with Crippen molar-refractivity contribution in [2.24, 2.45) is 5.41 Å². The fourth-order valence-corrected chi connectivity index (χ4v) is 2.57. The Labute approximate surface area is 108 Å². The van der Waals surface area contributed by atoms with Crippen molar-refractivity contribution in [1.82, 2.24) is 0 Å². The van der Waals surface area contributed by atoms with Crippen molar-refractivity contribution in [2.45, 2.75) is 72.5 Å². The van der Waals surface area contributed by atoms with Gasteiger partial charge in [-0.25, -0.2) is 0 Å². The highest BCUT2D eigenvalue weighted by atomic mass is 28.4. The molecule has 0 atom stereocenters. The average Bonchev–Trinajstić information content (AvgIpc) is 2.25. The molecule has 0 heterocycles. The molecule has 0 amide bonds. The van der Waals surface area contributed by atoms with Crippen molar-refractivity contribution in [3.05, 3.63) is 0 Å². The molecule has 0 aliphatic rings. The van der Waals surface area contributed by atoms with Crippen molar-refractivity contribution < 1.29 is 9.22 Å². The third-order valence-corrected chi connectivity index (χ3v) is 6.21. The van der Waals surface area contributed by atoms with Gasteiger partial charge >= 0.3 is 0 Å². The van der Waals surface area contributed by atoms with Gasteiger partial charge in [0.05, 0.1) is 0 Å². The maximum Gasteiger partial charge on any atom is 0.186 e. The van der Waals surface area contributed by atoms with Crippen molar-refractivity contribution in [1.29, 1.82) is 0 Å². The summed E-state index contributed by atoms with van der Waals surface area (Å²) in [5.41, 5.74) is -0.169. The predicted octanol–water partition coefficient (Wildman–Crippen LogP) is 4.40. The van der Waals surface area contributed by atoms with Crippen molar-refractivity contribution in [3.8, 4) is 0 Å². The largest absolute Gasteiger partial charge is 0.417 e.